The van der Waals surface area contributed by atoms with Crippen LogP contribution in [0.25, 0.3) is 0 Å². The van der Waals surface area contributed by atoms with Crippen molar-refractivity contribution in [3.05, 3.63) is 227 Å². The van der Waals surface area contributed by atoms with Crippen LogP contribution in [0.4, 0.5) is 8.78 Å². The summed E-state index contributed by atoms with van der Waals surface area (Å²) in [5.41, 5.74) is 8.04. The van der Waals surface area contributed by atoms with E-state index in [0.29, 0.717) is 66.3 Å². The van der Waals surface area contributed by atoms with Gasteiger partial charge in [0.25, 0.3) is 0 Å². The highest BCUT2D eigenvalue weighted by Gasteiger charge is 2.36. The van der Waals surface area contributed by atoms with Gasteiger partial charge in [0.2, 0.25) is 23.6 Å². The van der Waals surface area contributed by atoms with Crippen molar-refractivity contribution in [1.82, 2.24) is 29.9 Å². The number of halogens is 6. The fourth-order valence-electron chi connectivity index (χ4n) is 8.90. The summed E-state index contributed by atoms with van der Waals surface area (Å²) in [6, 6.07) is 24.1. The first-order valence-electron chi connectivity index (χ1n) is 39.7. The zero-order chi connectivity index (χ0) is 100.0. The molecule has 0 aliphatic carbocycles. The first-order chi connectivity index (χ1) is 57.4. The van der Waals surface area contributed by atoms with E-state index in [2.05, 4.69) is 29.9 Å². The molecule has 6 aromatic heterocycles. The second-order valence-electron chi connectivity index (χ2n) is 37.7. The summed E-state index contributed by atoms with van der Waals surface area (Å²) in [5, 5.41) is 1.66. The third-order valence-electron chi connectivity index (χ3n) is 18.9. The number of rotatable bonds is 19. The lowest BCUT2D eigenvalue weighted by molar-refractivity contribution is 0.394. The van der Waals surface area contributed by atoms with Gasteiger partial charge >= 0.3 is 0 Å². The van der Waals surface area contributed by atoms with Gasteiger partial charge in [-0.3, -0.25) is 0 Å². The highest BCUT2D eigenvalue weighted by Crippen LogP contribution is 2.31. The van der Waals surface area contributed by atoms with Gasteiger partial charge in [-0.1, -0.05) is 82.8 Å². The number of hydrogen-bond acceptors (Lipinski definition) is 25. The Kier molecular flexibility index (Phi) is 44.1. The summed E-state index contributed by atoms with van der Waals surface area (Å²) in [6.45, 7) is 47.5. The lowest BCUT2D eigenvalue weighted by Gasteiger charge is -2.19. The number of hydrogen-bond donors (Lipinski definition) is 0. The van der Waals surface area contributed by atoms with Crippen LogP contribution < -0.4 is 14.2 Å². The quantitative estimate of drug-likeness (QED) is 0.0678. The van der Waals surface area contributed by atoms with E-state index in [4.69, 9.17) is 60.6 Å². The van der Waals surface area contributed by atoms with Gasteiger partial charge in [-0.25, -0.2) is 102 Å². The SMILES string of the molecule is CC(C)(C)S(=O)(=O)Cc1ccc(Cl)cc1.CC(C)(C)S(=O)(=O)Cc1ccc(Cl)cc1F.CC(C)(C)S(=O)(=O)Cc1ccc(Cl)nc1.COc1cc(C)c(CS(=O)(=O)C(C)(C)C)cn1.COc1ccc(CS(=O)(=O)C(C)(C)C)cn1.COc1ncc(CS(=O)(=O)C(C)(C)C)cc1C.Cc1cc(CS(=O)(=O)C(C)(C)C)cnc1Cl.Cc1cc(F)ncc1CS(=O)(=O)C(C)(C)C. The van der Waals surface area contributed by atoms with Crippen molar-refractivity contribution in [1.29, 1.82) is 0 Å². The molecule has 0 bridgehead atoms. The zero-order valence-electron chi connectivity index (χ0n) is 79.3. The Morgan fingerprint density at radius 1 is 0.273 bits per heavy atom. The largest absolute Gasteiger partial charge is 0.481 e. The van der Waals surface area contributed by atoms with Crippen molar-refractivity contribution in [3.63, 3.8) is 0 Å². The molecule has 0 amide bonds. The molecule has 0 aliphatic heterocycles. The topological polar surface area (TPSA) is 378 Å². The Bertz CT molecular complexity index is 5810. The molecule has 0 fully saturated rings. The molecule has 0 atom stereocenters. The number of aromatic nitrogens is 6. The predicted octanol–water partition coefficient (Wildman–Crippen LogP) is 19.7. The van der Waals surface area contributed by atoms with E-state index in [9.17, 15) is 76.1 Å². The Balaban J connectivity index is 0.000000732. The van der Waals surface area contributed by atoms with E-state index in [1.807, 2.05) is 20.8 Å². The van der Waals surface area contributed by atoms with E-state index < -0.39 is 128 Å². The smallest absolute Gasteiger partial charge is 0.215 e. The van der Waals surface area contributed by atoms with Crippen LogP contribution in [0.5, 0.6) is 17.6 Å². The third-order valence-corrected chi connectivity index (χ3v) is 40.6. The first-order valence-corrected chi connectivity index (χ1v) is 54.5. The minimum atomic E-state index is -3.37. The highest BCUT2D eigenvalue weighted by atomic mass is 35.5. The number of sulfone groups is 8. The molecular formula is C89H130Cl4F2N6O19S8. The normalized spacial score (nSPS) is 12.7. The van der Waals surface area contributed by atoms with Gasteiger partial charge in [-0.05, 0) is 292 Å². The minimum Gasteiger partial charge on any atom is -0.481 e. The number of methoxy groups -OCH3 is 3. The molecule has 8 aromatic rings. The zero-order valence-corrected chi connectivity index (χ0v) is 88.8. The van der Waals surface area contributed by atoms with Crippen molar-refractivity contribution in [2.45, 2.75) is 278 Å². The predicted molar refractivity (Wildman–Crippen MR) is 516 cm³/mol. The van der Waals surface area contributed by atoms with Crippen molar-refractivity contribution in [2.24, 2.45) is 0 Å². The van der Waals surface area contributed by atoms with Crippen LogP contribution >= 0.6 is 46.4 Å². The lowest BCUT2D eigenvalue weighted by Crippen LogP contribution is -2.29. The molecule has 0 N–H and O–H groups in total. The summed E-state index contributed by atoms with van der Waals surface area (Å²) in [4.78, 5) is 23.4. The van der Waals surface area contributed by atoms with Crippen molar-refractivity contribution >= 4 is 125 Å². The van der Waals surface area contributed by atoms with Gasteiger partial charge in [-0.2, -0.15) is 4.39 Å². The van der Waals surface area contributed by atoms with Gasteiger partial charge in [0, 0.05) is 70.5 Å². The molecular weight excluding hydrogens is 1890 g/mol. The number of pyridine rings is 6. The molecule has 0 saturated heterocycles. The summed E-state index contributed by atoms with van der Waals surface area (Å²) in [7, 11) is -20.9. The fourth-order valence-corrected chi connectivity index (χ4v) is 18.0. The summed E-state index contributed by atoms with van der Waals surface area (Å²) < 4.78 is 226. The monoisotopic (exact) mass is 2020 g/mol. The average molecular weight is 2020 g/mol. The summed E-state index contributed by atoms with van der Waals surface area (Å²) in [6.07, 6.45) is 8.94. The van der Waals surface area contributed by atoms with E-state index in [0.717, 1.165) is 33.9 Å². The van der Waals surface area contributed by atoms with Crippen LogP contribution in [-0.2, 0) is 125 Å². The highest BCUT2D eigenvalue weighted by molar-refractivity contribution is 7.94. The molecule has 720 valence electrons. The van der Waals surface area contributed by atoms with Crippen LogP contribution in [0, 0.1) is 39.5 Å². The van der Waals surface area contributed by atoms with Crippen LogP contribution in [-0.4, -0.2) is 157 Å². The molecule has 0 spiro atoms. The maximum Gasteiger partial charge on any atom is 0.215 e. The number of aryl methyl sites for hydroxylation is 4. The maximum atomic E-state index is 13.4. The molecule has 39 heteroatoms. The van der Waals surface area contributed by atoms with Crippen molar-refractivity contribution in [2.75, 3.05) is 21.3 Å². The number of nitrogens with zero attached hydrogens (tertiary/aromatic N) is 6. The van der Waals surface area contributed by atoms with Crippen LogP contribution in [0.2, 0.25) is 20.4 Å². The molecule has 2 aromatic carbocycles. The van der Waals surface area contributed by atoms with E-state index >= 15 is 0 Å². The minimum absolute atomic E-state index is 0.000664. The number of benzene rings is 2. The fraction of sp³-hybridized carbons (Fsp3) is 0.528. The molecule has 25 nitrogen and oxygen atoms in total. The summed E-state index contributed by atoms with van der Waals surface area (Å²) in [5.74, 6) is 0.0273. The standard InChI is InChI=1S/2C12H19NO3S.C11H14ClFO2S.C11H16ClNO2S.C11H15ClO2S.C11H16FNO2S.C11H17NO3S.C10H14ClNO2S/c1-9-6-11(16-5)13-7-10(9)8-17(14,15)12(2,3)4;1-9-6-10(7-13-11(9)16-5)8-17(14,15)12(2,3)4;1-11(2,3)16(14,15)7-8-4-5-9(12)6-10(8)13;1-8-5-9(6-13-10(8)12)7-16(14,15)11(2,3)4;1-11(2,3)15(13,14)8-9-4-6-10(12)7-5-9;1-8-5-10(12)13-6-9(8)7-16(14,15)11(2,3)4;1-11(2,3)16(13,14)8-9-5-6-10(15-4)12-7-9;1-10(2,3)15(13,14)7-8-4-5-9(11)12-6-8/h2*6-7H,8H2,1-5H3;4-6H,7H2,1-3H3;5-6H,7H2,1-4H3;4-7H,8H2,1-3H3;5-6H,7H2,1-4H3;5-7H,8H2,1-4H3;4-6H,7H2,1-3H3. The third kappa shape index (κ3) is 39.3. The van der Waals surface area contributed by atoms with Crippen LogP contribution in [0.3, 0.4) is 0 Å². The van der Waals surface area contributed by atoms with Crippen molar-refractivity contribution < 1.29 is 90.3 Å². The molecule has 0 saturated carbocycles. The van der Waals surface area contributed by atoms with E-state index in [-0.39, 0.29) is 56.6 Å². The Labute approximate surface area is 782 Å². The maximum absolute atomic E-state index is 13.4. The summed E-state index contributed by atoms with van der Waals surface area (Å²) >= 11 is 22.7. The van der Waals surface area contributed by atoms with Crippen LogP contribution in [0.1, 0.15) is 233 Å². The molecule has 6 heterocycles. The number of ether oxygens (including phenoxy) is 3. The van der Waals surface area contributed by atoms with Gasteiger partial charge < -0.3 is 14.2 Å². The second-order valence-corrected chi connectivity index (χ2v) is 61.3. The van der Waals surface area contributed by atoms with E-state index in [1.54, 1.807) is 259 Å². The Morgan fingerprint density at radius 2 is 0.578 bits per heavy atom. The first kappa shape index (κ1) is 119. The van der Waals surface area contributed by atoms with Crippen molar-refractivity contribution in [3.8, 4) is 17.6 Å². The molecule has 8 rings (SSSR count). The van der Waals surface area contributed by atoms with E-state index in [1.165, 1.54) is 57.2 Å². The van der Waals surface area contributed by atoms with Crippen LogP contribution in [0.15, 0.2) is 128 Å². The molecule has 128 heavy (non-hydrogen) atoms. The average Bonchev–Trinajstić information content (AvgIpc) is 0.844. The van der Waals surface area contributed by atoms with Gasteiger partial charge in [0.05, 0.1) is 105 Å². The molecule has 0 unspecified atom stereocenters. The van der Waals surface area contributed by atoms with Gasteiger partial charge in [0.15, 0.2) is 78.7 Å². The lowest BCUT2D eigenvalue weighted by atomic mass is 10.2. The Morgan fingerprint density at radius 3 is 0.898 bits per heavy atom. The molecule has 0 radical (unpaired) electrons. The Hall–Kier alpha value is -6.64. The molecule has 0 aliphatic rings. The van der Waals surface area contributed by atoms with Gasteiger partial charge in [-0.15, -0.1) is 0 Å². The second kappa shape index (κ2) is 47.3. The van der Waals surface area contributed by atoms with Gasteiger partial charge in [0.1, 0.15) is 16.1 Å².